The summed E-state index contributed by atoms with van der Waals surface area (Å²) in [6.45, 7) is 14.9. The molecule has 2 heterocycles. The Hall–Kier alpha value is -0.900. The Morgan fingerprint density at radius 2 is 1.90 bits per heavy atom. The van der Waals surface area contributed by atoms with E-state index in [1.807, 2.05) is 0 Å². The van der Waals surface area contributed by atoms with Crippen LogP contribution >= 0.6 is 24.0 Å². The van der Waals surface area contributed by atoms with Crippen molar-refractivity contribution in [2.24, 2.45) is 4.99 Å². The molecule has 0 aliphatic carbocycles. The van der Waals surface area contributed by atoms with Crippen LogP contribution in [0.3, 0.4) is 0 Å². The van der Waals surface area contributed by atoms with Crippen LogP contribution in [0, 0.1) is 0 Å². The first-order valence-electron chi connectivity index (χ1n) is 11.8. The molecule has 0 aromatic heterocycles. The molecule has 2 fully saturated rings. The number of ether oxygens (including phenoxy) is 2. The predicted molar refractivity (Wildman–Crippen MR) is 138 cm³/mol. The lowest BCUT2D eigenvalue weighted by molar-refractivity contribution is -0.0390. The van der Waals surface area contributed by atoms with Gasteiger partial charge in [0.2, 0.25) is 0 Å². The van der Waals surface area contributed by atoms with Gasteiger partial charge in [-0.15, -0.1) is 24.0 Å². The number of rotatable bonds is 9. The lowest BCUT2D eigenvalue weighted by Crippen LogP contribution is -2.43. The maximum absolute atomic E-state index is 6.08. The van der Waals surface area contributed by atoms with Gasteiger partial charge in [0.25, 0.3) is 0 Å². The molecule has 1 unspecified atom stereocenters. The van der Waals surface area contributed by atoms with Crippen molar-refractivity contribution in [1.29, 1.82) is 0 Å². The van der Waals surface area contributed by atoms with E-state index in [4.69, 9.17) is 14.5 Å². The van der Waals surface area contributed by atoms with Gasteiger partial charge in [-0.3, -0.25) is 4.90 Å². The second kappa shape index (κ2) is 14.3. The van der Waals surface area contributed by atoms with E-state index in [1.54, 1.807) is 0 Å². The molecular formula is C24H41IN4O2. The van der Waals surface area contributed by atoms with Crippen molar-refractivity contribution in [2.75, 3.05) is 45.9 Å². The van der Waals surface area contributed by atoms with Crippen LogP contribution in [0.5, 0.6) is 0 Å². The van der Waals surface area contributed by atoms with Gasteiger partial charge < -0.3 is 19.7 Å². The third-order valence-electron chi connectivity index (χ3n) is 6.18. The van der Waals surface area contributed by atoms with Crippen molar-refractivity contribution in [3.63, 3.8) is 0 Å². The van der Waals surface area contributed by atoms with E-state index in [2.05, 4.69) is 60.2 Å². The molecule has 1 aromatic rings. The van der Waals surface area contributed by atoms with Crippen LogP contribution < -0.4 is 5.32 Å². The first kappa shape index (κ1) is 26.4. The summed E-state index contributed by atoms with van der Waals surface area (Å²) < 4.78 is 11.5. The largest absolute Gasteiger partial charge is 0.381 e. The van der Waals surface area contributed by atoms with Gasteiger partial charge in [-0.25, -0.2) is 4.99 Å². The van der Waals surface area contributed by atoms with E-state index >= 15 is 0 Å². The SMILES string of the molecule is CCNC(=NCc1cccc(COC2CCOCC2)c1)N1CCC(N(CC)CC)C1.I. The van der Waals surface area contributed by atoms with Crippen molar-refractivity contribution < 1.29 is 9.47 Å². The van der Waals surface area contributed by atoms with Crippen molar-refractivity contribution in [2.45, 2.75) is 65.3 Å². The molecule has 1 atom stereocenters. The Bertz CT molecular complexity index is 663. The number of hydrogen-bond donors (Lipinski definition) is 1. The summed E-state index contributed by atoms with van der Waals surface area (Å²) in [4.78, 5) is 9.94. The molecule has 2 saturated heterocycles. The number of likely N-dealkylation sites (N-methyl/N-ethyl adjacent to an activating group) is 1. The van der Waals surface area contributed by atoms with Gasteiger partial charge in [-0.2, -0.15) is 0 Å². The van der Waals surface area contributed by atoms with E-state index in [0.29, 0.717) is 25.3 Å². The van der Waals surface area contributed by atoms with E-state index in [1.165, 1.54) is 17.5 Å². The minimum atomic E-state index is 0. The molecule has 1 aromatic carbocycles. The van der Waals surface area contributed by atoms with Crippen LogP contribution in [-0.2, 0) is 22.6 Å². The fourth-order valence-corrected chi connectivity index (χ4v) is 4.44. The zero-order valence-corrected chi connectivity index (χ0v) is 21.8. The summed E-state index contributed by atoms with van der Waals surface area (Å²) in [6.07, 6.45) is 3.54. The molecule has 0 amide bonds. The number of halogens is 1. The van der Waals surface area contributed by atoms with E-state index in [0.717, 1.165) is 64.7 Å². The van der Waals surface area contributed by atoms with Crippen LogP contribution in [-0.4, -0.2) is 73.8 Å². The van der Waals surface area contributed by atoms with Crippen LogP contribution in [0.2, 0.25) is 0 Å². The zero-order valence-electron chi connectivity index (χ0n) is 19.5. The Balaban J connectivity index is 0.00000341. The maximum atomic E-state index is 6.08. The smallest absolute Gasteiger partial charge is 0.194 e. The molecule has 31 heavy (non-hydrogen) atoms. The van der Waals surface area contributed by atoms with Gasteiger partial charge in [0.15, 0.2) is 5.96 Å². The first-order chi connectivity index (χ1) is 14.7. The van der Waals surface area contributed by atoms with E-state index in [9.17, 15) is 0 Å². The highest BCUT2D eigenvalue weighted by molar-refractivity contribution is 14.0. The number of nitrogens with one attached hydrogen (secondary N) is 1. The fourth-order valence-electron chi connectivity index (χ4n) is 4.44. The highest BCUT2D eigenvalue weighted by Gasteiger charge is 2.27. The Morgan fingerprint density at radius 3 is 2.61 bits per heavy atom. The molecule has 176 valence electrons. The third kappa shape index (κ3) is 8.18. The van der Waals surface area contributed by atoms with Crippen LogP contribution in [0.1, 0.15) is 51.2 Å². The average Bonchev–Trinajstić information content (AvgIpc) is 3.27. The highest BCUT2D eigenvalue weighted by Crippen LogP contribution is 2.17. The molecule has 2 aliphatic heterocycles. The minimum absolute atomic E-state index is 0. The van der Waals surface area contributed by atoms with Gasteiger partial charge in [-0.05, 0) is 50.4 Å². The average molecular weight is 545 g/mol. The second-order valence-electron chi connectivity index (χ2n) is 8.22. The lowest BCUT2D eigenvalue weighted by atomic mass is 10.1. The summed E-state index contributed by atoms with van der Waals surface area (Å²) in [6, 6.07) is 9.29. The molecule has 0 saturated carbocycles. The zero-order chi connectivity index (χ0) is 21.2. The Kier molecular flexibility index (Phi) is 12.1. The lowest BCUT2D eigenvalue weighted by Gasteiger charge is -2.27. The highest BCUT2D eigenvalue weighted by atomic mass is 127. The number of guanidine groups is 1. The molecule has 0 bridgehead atoms. The summed E-state index contributed by atoms with van der Waals surface area (Å²) in [7, 11) is 0. The molecule has 7 heteroatoms. The molecule has 0 radical (unpaired) electrons. The third-order valence-corrected chi connectivity index (χ3v) is 6.18. The van der Waals surface area contributed by atoms with Gasteiger partial charge in [0.1, 0.15) is 0 Å². The molecular weight excluding hydrogens is 503 g/mol. The topological polar surface area (TPSA) is 49.3 Å². The molecule has 1 N–H and O–H groups in total. The van der Waals surface area contributed by atoms with Crippen molar-refractivity contribution in [1.82, 2.24) is 15.1 Å². The quantitative estimate of drug-likeness (QED) is 0.291. The molecule has 0 spiro atoms. The van der Waals surface area contributed by atoms with Crippen LogP contribution in [0.15, 0.2) is 29.3 Å². The van der Waals surface area contributed by atoms with Gasteiger partial charge >= 0.3 is 0 Å². The number of benzene rings is 1. The van der Waals surface area contributed by atoms with Crippen molar-refractivity contribution >= 4 is 29.9 Å². The Labute approximate surface area is 205 Å². The van der Waals surface area contributed by atoms with Gasteiger partial charge in [-0.1, -0.05) is 38.1 Å². The normalized spacial score (nSPS) is 20.2. The minimum Gasteiger partial charge on any atom is -0.381 e. The van der Waals surface area contributed by atoms with Crippen LogP contribution in [0.4, 0.5) is 0 Å². The fraction of sp³-hybridized carbons (Fsp3) is 0.708. The second-order valence-corrected chi connectivity index (χ2v) is 8.22. The molecule has 6 nitrogen and oxygen atoms in total. The molecule has 3 rings (SSSR count). The molecule has 2 aliphatic rings. The number of nitrogens with zero attached hydrogens (tertiary/aromatic N) is 3. The number of likely N-dealkylation sites (tertiary alicyclic amines) is 1. The predicted octanol–water partition coefficient (Wildman–Crippen LogP) is 3.88. The summed E-state index contributed by atoms with van der Waals surface area (Å²) in [5.41, 5.74) is 2.46. The van der Waals surface area contributed by atoms with Crippen molar-refractivity contribution in [3.8, 4) is 0 Å². The van der Waals surface area contributed by atoms with E-state index in [-0.39, 0.29) is 24.0 Å². The Morgan fingerprint density at radius 1 is 1.16 bits per heavy atom. The summed E-state index contributed by atoms with van der Waals surface area (Å²) >= 11 is 0. The van der Waals surface area contributed by atoms with Crippen molar-refractivity contribution in [3.05, 3.63) is 35.4 Å². The first-order valence-corrected chi connectivity index (χ1v) is 11.8. The maximum Gasteiger partial charge on any atom is 0.194 e. The summed E-state index contributed by atoms with van der Waals surface area (Å²) in [5.74, 6) is 1.04. The van der Waals surface area contributed by atoms with E-state index < -0.39 is 0 Å². The monoisotopic (exact) mass is 544 g/mol. The number of aliphatic imine (C=N–C) groups is 1. The number of hydrogen-bond acceptors (Lipinski definition) is 4. The van der Waals surface area contributed by atoms with Gasteiger partial charge in [0.05, 0.1) is 19.3 Å². The standard InChI is InChI=1S/C24H40N4O2.HI/c1-4-25-24(28-13-10-22(18-28)27(5-2)6-3)26-17-20-8-7-9-21(16-20)19-30-23-11-14-29-15-12-23;/h7-9,16,22-23H,4-6,10-15,17-19H2,1-3H3,(H,25,26);1H. The van der Waals surface area contributed by atoms with Gasteiger partial charge in [0, 0.05) is 38.9 Å². The van der Waals surface area contributed by atoms with Crippen LogP contribution in [0.25, 0.3) is 0 Å². The summed E-state index contributed by atoms with van der Waals surface area (Å²) in [5, 5.41) is 3.49.